The zero-order chi connectivity index (χ0) is 25.7. The third-order valence-corrected chi connectivity index (χ3v) is 5.14. The second-order valence-electron chi connectivity index (χ2n) is 7.53. The number of hydrogen-bond acceptors (Lipinski definition) is 7. The Morgan fingerprint density at radius 1 is 1.06 bits per heavy atom. The Labute approximate surface area is 203 Å². The van der Waals surface area contributed by atoms with Crippen LogP contribution >= 0.6 is 0 Å². The number of alkyl halides is 3. The standard InChI is InChI=1S/C23H22F3N7O3/c1-27-20-19-21(29-12-28-20)33(13-30-19)17-6-4-15(5-7-17)31-22(35)32-16-3-2-14(11-36-9-8-34)18(10-16)23(24,25)26/h2-7,10,12-13,34H,8-9,11H2,1H3,(H,27,28,29)(H2,31,32,35). The predicted octanol–water partition coefficient (Wildman–Crippen LogP) is 4.03. The van der Waals surface area contributed by atoms with E-state index < -0.39 is 17.8 Å². The highest BCUT2D eigenvalue weighted by Gasteiger charge is 2.33. The van der Waals surface area contributed by atoms with E-state index in [2.05, 4.69) is 30.9 Å². The van der Waals surface area contributed by atoms with Crippen LogP contribution in [0, 0.1) is 0 Å². The van der Waals surface area contributed by atoms with E-state index in [1.165, 1.54) is 18.5 Å². The molecule has 0 fully saturated rings. The minimum absolute atomic E-state index is 0.0349. The number of nitrogens with zero attached hydrogens (tertiary/aromatic N) is 4. The summed E-state index contributed by atoms with van der Waals surface area (Å²) in [6.07, 6.45) is -1.62. The van der Waals surface area contributed by atoms with Crippen molar-refractivity contribution in [1.82, 2.24) is 19.5 Å². The van der Waals surface area contributed by atoms with Crippen molar-refractivity contribution in [3.8, 4) is 5.69 Å². The van der Waals surface area contributed by atoms with E-state index in [0.29, 0.717) is 22.7 Å². The number of aliphatic hydroxyl groups excluding tert-OH is 1. The SMILES string of the molecule is CNc1ncnc2c1ncn2-c1ccc(NC(=O)Nc2ccc(COCCO)c(C(F)(F)F)c2)cc1. The van der Waals surface area contributed by atoms with E-state index in [1.54, 1.807) is 42.2 Å². The van der Waals surface area contributed by atoms with Crippen LogP contribution in [0.3, 0.4) is 0 Å². The number of fused-ring (bicyclic) bond motifs is 1. The summed E-state index contributed by atoms with van der Waals surface area (Å²) in [5.41, 5.74) is 1.29. The number of halogens is 3. The molecule has 4 N–H and O–H groups in total. The third kappa shape index (κ3) is 5.53. The van der Waals surface area contributed by atoms with Crippen LogP contribution in [-0.2, 0) is 17.5 Å². The predicted molar refractivity (Wildman–Crippen MR) is 127 cm³/mol. The average Bonchev–Trinajstić information content (AvgIpc) is 3.29. The summed E-state index contributed by atoms with van der Waals surface area (Å²) in [7, 11) is 1.73. The second-order valence-corrected chi connectivity index (χ2v) is 7.53. The average molecular weight is 501 g/mol. The molecule has 2 aromatic carbocycles. The van der Waals surface area contributed by atoms with Crippen molar-refractivity contribution in [3.05, 3.63) is 66.2 Å². The molecule has 0 aliphatic carbocycles. The molecule has 0 saturated heterocycles. The molecule has 0 atom stereocenters. The van der Waals surface area contributed by atoms with Gasteiger partial charge in [0.15, 0.2) is 17.0 Å². The molecular weight excluding hydrogens is 479 g/mol. The lowest BCUT2D eigenvalue weighted by Crippen LogP contribution is -2.20. The van der Waals surface area contributed by atoms with Gasteiger partial charge in [-0.2, -0.15) is 13.2 Å². The van der Waals surface area contributed by atoms with Crippen molar-refractivity contribution in [2.24, 2.45) is 0 Å². The second kappa shape index (κ2) is 10.6. The Morgan fingerprint density at radius 2 is 1.78 bits per heavy atom. The van der Waals surface area contributed by atoms with Gasteiger partial charge in [-0.25, -0.2) is 19.7 Å². The number of rotatable bonds is 8. The van der Waals surface area contributed by atoms with Crippen LogP contribution in [0.2, 0.25) is 0 Å². The number of anilines is 3. The number of imidazole rings is 1. The minimum atomic E-state index is -4.64. The lowest BCUT2D eigenvalue weighted by molar-refractivity contribution is -0.138. The van der Waals surface area contributed by atoms with Crippen molar-refractivity contribution in [2.45, 2.75) is 12.8 Å². The van der Waals surface area contributed by atoms with E-state index in [4.69, 9.17) is 9.84 Å². The van der Waals surface area contributed by atoms with Crippen LogP contribution in [0.15, 0.2) is 55.1 Å². The summed E-state index contributed by atoms with van der Waals surface area (Å²) in [5.74, 6) is 0.591. The van der Waals surface area contributed by atoms with Gasteiger partial charge in [-0.1, -0.05) is 6.07 Å². The van der Waals surface area contributed by atoms with Gasteiger partial charge in [0.1, 0.15) is 12.7 Å². The molecule has 10 nitrogen and oxygen atoms in total. The van der Waals surface area contributed by atoms with Gasteiger partial charge in [-0.15, -0.1) is 0 Å². The minimum Gasteiger partial charge on any atom is -0.394 e. The number of hydrogen-bond donors (Lipinski definition) is 4. The summed E-state index contributed by atoms with van der Waals surface area (Å²) in [4.78, 5) is 25.1. The molecule has 4 rings (SSSR count). The molecule has 2 heterocycles. The van der Waals surface area contributed by atoms with E-state index in [9.17, 15) is 18.0 Å². The van der Waals surface area contributed by atoms with E-state index >= 15 is 0 Å². The highest BCUT2D eigenvalue weighted by atomic mass is 19.4. The Bertz CT molecular complexity index is 1360. The normalized spacial score (nSPS) is 11.5. The summed E-state index contributed by atoms with van der Waals surface area (Å²) in [5, 5.41) is 16.7. The molecule has 2 aromatic heterocycles. The van der Waals surface area contributed by atoms with Gasteiger partial charge in [-0.05, 0) is 42.0 Å². The van der Waals surface area contributed by atoms with Crippen LogP contribution in [0.25, 0.3) is 16.9 Å². The molecule has 2 amide bonds. The Morgan fingerprint density at radius 3 is 2.47 bits per heavy atom. The first-order valence-corrected chi connectivity index (χ1v) is 10.7. The molecular formula is C23H22F3N7O3. The summed E-state index contributed by atoms with van der Waals surface area (Å²) in [6, 6.07) is 9.46. The zero-order valence-electron chi connectivity index (χ0n) is 19.0. The van der Waals surface area contributed by atoms with Crippen molar-refractivity contribution in [1.29, 1.82) is 0 Å². The molecule has 0 aliphatic heterocycles. The number of ether oxygens (including phenoxy) is 1. The number of benzene rings is 2. The fraction of sp³-hybridized carbons (Fsp3) is 0.217. The van der Waals surface area contributed by atoms with Crippen molar-refractivity contribution < 1.29 is 27.8 Å². The summed E-state index contributed by atoms with van der Waals surface area (Å²) in [6.45, 7) is -0.699. The summed E-state index contributed by atoms with van der Waals surface area (Å²) >= 11 is 0. The molecule has 0 aliphatic rings. The first-order valence-electron chi connectivity index (χ1n) is 10.7. The molecule has 0 unspecified atom stereocenters. The van der Waals surface area contributed by atoms with E-state index in [-0.39, 0.29) is 31.1 Å². The number of aliphatic hydroxyl groups is 1. The van der Waals surface area contributed by atoms with Gasteiger partial charge < -0.3 is 25.8 Å². The van der Waals surface area contributed by atoms with Gasteiger partial charge in [-0.3, -0.25) is 4.57 Å². The quantitative estimate of drug-likeness (QED) is 0.269. The Balaban J connectivity index is 1.45. The Kier molecular flexibility index (Phi) is 7.31. The van der Waals surface area contributed by atoms with Gasteiger partial charge in [0, 0.05) is 24.1 Å². The number of aromatic nitrogens is 4. The lowest BCUT2D eigenvalue weighted by Gasteiger charge is -2.15. The van der Waals surface area contributed by atoms with Crippen LogP contribution in [0.1, 0.15) is 11.1 Å². The molecule has 13 heteroatoms. The van der Waals surface area contributed by atoms with Crippen molar-refractivity contribution in [3.63, 3.8) is 0 Å². The van der Waals surface area contributed by atoms with Crippen molar-refractivity contribution in [2.75, 3.05) is 36.2 Å². The number of nitrogens with one attached hydrogen (secondary N) is 3. The maximum Gasteiger partial charge on any atom is 0.416 e. The van der Waals surface area contributed by atoms with Gasteiger partial charge in [0.05, 0.1) is 25.4 Å². The first kappa shape index (κ1) is 24.9. The zero-order valence-corrected chi connectivity index (χ0v) is 19.0. The monoisotopic (exact) mass is 501 g/mol. The van der Waals surface area contributed by atoms with Crippen LogP contribution in [-0.4, -0.2) is 50.9 Å². The van der Waals surface area contributed by atoms with Crippen LogP contribution in [0.4, 0.5) is 35.2 Å². The van der Waals surface area contributed by atoms with Gasteiger partial charge >= 0.3 is 12.2 Å². The number of carbonyl (C=O) groups excluding carboxylic acids is 1. The fourth-order valence-electron chi connectivity index (χ4n) is 3.50. The smallest absolute Gasteiger partial charge is 0.394 e. The Hall–Kier alpha value is -4.23. The highest BCUT2D eigenvalue weighted by molar-refractivity contribution is 5.99. The highest BCUT2D eigenvalue weighted by Crippen LogP contribution is 2.34. The molecule has 36 heavy (non-hydrogen) atoms. The molecule has 0 bridgehead atoms. The first-order chi connectivity index (χ1) is 17.3. The summed E-state index contributed by atoms with van der Waals surface area (Å²) < 4.78 is 47.2. The largest absolute Gasteiger partial charge is 0.416 e. The maximum atomic E-state index is 13.5. The van der Waals surface area contributed by atoms with E-state index in [1.807, 2.05) is 0 Å². The molecule has 188 valence electrons. The van der Waals surface area contributed by atoms with E-state index in [0.717, 1.165) is 11.8 Å². The van der Waals surface area contributed by atoms with Crippen LogP contribution in [0.5, 0.6) is 0 Å². The van der Waals surface area contributed by atoms with Gasteiger partial charge in [0.25, 0.3) is 0 Å². The van der Waals surface area contributed by atoms with Gasteiger partial charge in [0.2, 0.25) is 0 Å². The number of urea groups is 1. The fourth-order valence-corrected chi connectivity index (χ4v) is 3.50. The lowest BCUT2D eigenvalue weighted by atomic mass is 10.1. The topological polar surface area (TPSA) is 126 Å². The number of carbonyl (C=O) groups is 1. The third-order valence-electron chi connectivity index (χ3n) is 5.14. The molecule has 0 radical (unpaired) electrons. The van der Waals surface area contributed by atoms with Crippen LogP contribution < -0.4 is 16.0 Å². The molecule has 0 spiro atoms. The molecule has 0 saturated carbocycles. The number of amides is 2. The molecule has 4 aromatic rings. The van der Waals surface area contributed by atoms with Crippen molar-refractivity contribution >= 4 is 34.4 Å². The maximum absolute atomic E-state index is 13.5.